The lowest BCUT2D eigenvalue weighted by Gasteiger charge is -2.21. The summed E-state index contributed by atoms with van der Waals surface area (Å²) in [5.74, 6) is -1.15. The minimum atomic E-state index is -0.871. The van der Waals surface area contributed by atoms with Crippen molar-refractivity contribution in [2.24, 2.45) is 0 Å². The molecule has 56 heavy (non-hydrogen) atoms. The number of carbonyl (C=O) groups excluding carboxylic acids is 3. The Morgan fingerprint density at radius 2 is 0.786 bits per heavy atom. The number of hydrogen-bond acceptors (Lipinski definition) is 9. The van der Waals surface area contributed by atoms with E-state index in [0.717, 1.165) is 64.2 Å². The molecule has 0 rings (SSSR count). The van der Waals surface area contributed by atoms with Crippen molar-refractivity contribution in [2.45, 2.75) is 213 Å². The molecule has 0 fully saturated rings. The molecular formula is C47H87NO8. The van der Waals surface area contributed by atoms with Crippen molar-refractivity contribution in [3.63, 3.8) is 0 Å². The molecule has 9 heteroatoms. The van der Waals surface area contributed by atoms with E-state index in [4.69, 9.17) is 14.2 Å². The largest absolute Gasteiger partial charge is 0.462 e. The molecule has 0 bridgehead atoms. The fourth-order valence-corrected chi connectivity index (χ4v) is 6.62. The Morgan fingerprint density at radius 3 is 1.16 bits per heavy atom. The average Bonchev–Trinajstić information content (AvgIpc) is 3.19. The average molecular weight is 794 g/mol. The van der Waals surface area contributed by atoms with Crippen LogP contribution in [0, 0.1) is 0 Å². The van der Waals surface area contributed by atoms with Gasteiger partial charge in [-0.05, 0) is 77.2 Å². The second-order valence-electron chi connectivity index (χ2n) is 15.5. The number of aliphatic hydroxyl groups is 2. The smallest absolute Gasteiger partial charge is 0.306 e. The van der Waals surface area contributed by atoms with Crippen LogP contribution in [0.3, 0.4) is 0 Å². The lowest BCUT2D eigenvalue weighted by Crippen LogP contribution is -2.32. The van der Waals surface area contributed by atoms with E-state index < -0.39 is 12.1 Å². The molecule has 0 atom stereocenters. The number of esters is 3. The number of unbranched alkanes of at least 4 members (excludes halogenated alkanes) is 22. The van der Waals surface area contributed by atoms with Gasteiger partial charge in [0.25, 0.3) is 0 Å². The maximum absolute atomic E-state index is 12.7. The van der Waals surface area contributed by atoms with Crippen molar-refractivity contribution in [2.75, 3.05) is 46.1 Å². The van der Waals surface area contributed by atoms with Gasteiger partial charge in [0.2, 0.25) is 0 Å². The van der Waals surface area contributed by atoms with Gasteiger partial charge < -0.3 is 24.4 Å². The van der Waals surface area contributed by atoms with Gasteiger partial charge in [-0.15, -0.1) is 0 Å². The Labute approximate surface area is 343 Å². The van der Waals surface area contributed by atoms with Crippen LogP contribution in [0.2, 0.25) is 0 Å². The Balaban J connectivity index is 4.38. The number of rotatable bonds is 43. The SMILES string of the molecule is CCCCCCCCC=CCCCCCCCC(=O)OCC(COC(=O)CCCCCCCC=CCCCCCCCC)OC(=O)CCCN(CCO)CCO. The molecule has 0 heterocycles. The molecule has 0 unspecified atom stereocenters. The van der Waals surface area contributed by atoms with Gasteiger partial charge in [0.1, 0.15) is 13.2 Å². The molecular weight excluding hydrogens is 707 g/mol. The van der Waals surface area contributed by atoms with E-state index in [1.165, 1.54) is 103 Å². The highest BCUT2D eigenvalue weighted by Gasteiger charge is 2.20. The molecule has 0 amide bonds. The fourth-order valence-electron chi connectivity index (χ4n) is 6.62. The number of aliphatic hydroxyl groups excluding tert-OH is 2. The molecule has 0 aromatic carbocycles. The third kappa shape index (κ3) is 40.0. The van der Waals surface area contributed by atoms with Crippen LogP contribution in [-0.4, -0.2) is 85.2 Å². The number of hydrogen-bond donors (Lipinski definition) is 2. The van der Waals surface area contributed by atoms with Crippen LogP contribution in [0.4, 0.5) is 0 Å². The second kappa shape index (κ2) is 43.9. The maximum atomic E-state index is 12.7. The standard InChI is InChI=1S/C47H87NO8/c1-3-5-7-9-11-13-15-17-19-21-23-25-27-29-31-34-45(51)54-42-44(56-47(53)36-33-37-48(38-40-49)39-41-50)43-55-46(52)35-32-30-28-26-24-22-20-18-16-14-12-10-8-6-4-2/h17-20,44,49-50H,3-16,21-43H2,1-2H3. The lowest BCUT2D eigenvalue weighted by atomic mass is 10.1. The van der Waals surface area contributed by atoms with Crippen LogP contribution in [0.1, 0.15) is 206 Å². The Morgan fingerprint density at radius 1 is 0.446 bits per heavy atom. The van der Waals surface area contributed by atoms with Crippen LogP contribution in [-0.2, 0) is 28.6 Å². The zero-order valence-electron chi connectivity index (χ0n) is 36.3. The third-order valence-corrected chi connectivity index (χ3v) is 10.1. The second-order valence-corrected chi connectivity index (χ2v) is 15.5. The molecule has 0 saturated carbocycles. The number of allylic oxidation sites excluding steroid dienone is 4. The first-order valence-electron chi connectivity index (χ1n) is 23.2. The summed E-state index contributed by atoms with van der Waals surface area (Å²) in [6.07, 6.45) is 40.4. The van der Waals surface area contributed by atoms with Crippen molar-refractivity contribution >= 4 is 17.9 Å². The topological polar surface area (TPSA) is 123 Å². The van der Waals surface area contributed by atoms with Crippen molar-refractivity contribution in [1.82, 2.24) is 4.90 Å². The quantitative estimate of drug-likeness (QED) is 0.0269. The summed E-state index contributed by atoms with van der Waals surface area (Å²) in [5.41, 5.74) is 0. The van der Waals surface area contributed by atoms with Crippen molar-refractivity contribution < 1.29 is 38.8 Å². The fraction of sp³-hybridized carbons (Fsp3) is 0.851. The van der Waals surface area contributed by atoms with E-state index in [1.807, 2.05) is 4.90 Å². The van der Waals surface area contributed by atoms with Crippen LogP contribution < -0.4 is 0 Å². The lowest BCUT2D eigenvalue weighted by molar-refractivity contribution is -0.167. The zero-order chi connectivity index (χ0) is 41.0. The molecule has 328 valence electrons. The van der Waals surface area contributed by atoms with Crippen molar-refractivity contribution in [3.8, 4) is 0 Å². The van der Waals surface area contributed by atoms with Gasteiger partial charge in [0.05, 0.1) is 13.2 Å². The summed E-state index contributed by atoms with van der Waals surface area (Å²) in [6.45, 7) is 5.48. The summed E-state index contributed by atoms with van der Waals surface area (Å²) in [7, 11) is 0. The molecule has 9 nitrogen and oxygen atoms in total. The monoisotopic (exact) mass is 794 g/mol. The molecule has 0 aliphatic heterocycles. The number of ether oxygens (including phenoxy) is 3. The van der Waals surface area contributed by atoms with Crippen LogP contribution >= 0.6 is 0 Å². The van der Waals surface area contributed by atoms with Gasteiger partial charge in [-0.3, -0.25) is 19.3 Å². The normalized spacial score (nSPS) is 12.2. The van der Waals surface area contributed by atoms with E-state index in [2.05, 4.69) is 38.2 Å². The first-order chi connectivity index (χ1) is 27.5. The van der Waals surface area contributed by atoms with Crippen molar-refractivity contribution in [1.29, 1.82) is 0 Å². The highest BCUT2D eigenvalue weighted by atomic mass is 16.6. The molecule has 2 N–H and O–H groups in total. The Kier molecular flexibility index (Phi) is 42.1. The molecule has 0 aromatic heterocycles. The van der Waals surface area contributed by atoms with Gasteiger partial charge in [-0.2, -0.15) is 0 Å². The van der Waals surface area contributed by atoms with E-state index in [9.17, 15) is 24.6 Å². The van der Waals surface area contributed by atoms with Gasteiger partial charge in [-0.25, -0.2) is 0 Å². The predicted octanol–water partition coefficient (Wildman–Crippen LogP) is 11.1. The highest BCUT2D eigenvalue weighted by Crippen LogP contribution is 2.13. The van der Waals surface area contributed by atoms with Gasteiger partial charge in [-0.1, -0.05) is 141 Å². The number of carbonyl (C=O) groups is 3. The molecule has 0 aliphatic rings. The predicted molar refractivity (Wildman–Crippen MR) is 231 cm³/mol. The van der Waals surface area contributed by atoms with Crippen LogP contribution in [0.5, 0.6) is 0 Å². The first kappa shape index (κ1) is 53.8. The summed E-state index contributed by atoms with van der Waals surface area (Å²) >= 11 is 0. The summed E-state index contributed by atoms with van der Waals surface area (Å²) in [5, 5.41) is 18.5. The van der Waals surface area contributed by atoms with E-state index >= 15 is 0 Å². The minimum Gasteiger partial charge on any atom is -0.462 e. The first-order valence-corrected chi connectivity index (χ1v) is 23.2. The Bertz CT molecular complexity index is 877. The number of nitrogens with zero attached hydrogens (tertiary/aromatic N) is 1. The van der Waals surface area contributed by atoms with Crippen molar-refractivity contribution in [3.05, 3.63) is 24.3 Å². The van der Waals surface area contributed by atoms with Crippen LogP contribution in [0.25, 0.3) is 0 Å². The summed E-state index contributed by atoms with van der Waals surface area (Å²) < 4.78 is 16.5. The van der Waals surface area contributed by atoms with Crippen LogP contribution in [0.15, 0.2) is 24.3 Å². The highest BCUT2D eigenvalue weighted by molar-refractivity contribution is 5.71. The minimum absolute atomic E-state index is 0.0305. The molecule has 0 saturated heterocycles. The van der Waals surface area contributed by atoms with E-state index in [1.54, 1.807) is 0 Å². The van der Waals surface area contributed by atoms with Gasteiger partial charge >= 0.3 is 17.9 Å². The van der Waals surface area contributed by atoms with Gasteiger partial charge in [0.15, 0.2) is 6.10 Å². The molecule has 0 spiro atoms. The van der Waals surface area contributed by atoms with Gasteiger partial charge in [0, 0.05) is 32.4 Å². The zero-order valence-corrected chi connectivity index (χ0v) is 36.3. The van der Waals surface area contributed by atoms with E-state index in [-0.39, 0.29) is 44.8 Å². The summed E-state index contributed by atoms with van der Waals surface area (Å²) in [4.78, 5) is 39.6. The summed E-state index contributed by atoms with van der Waals surface area (Å²) in [6, 6.07) is 0. The maximum Gasteiger partial charge on any atom is 0.306 e. The Hall–Kier alpha value is -2.23. The van der Waals surface area contributed by atoms with E-state index in [0.29, 0.717) is 38.9 Å². The molecule has 0 aliphatic carbocycles. The third-order valence-electron chi connectivity index (χ3n) is 10.1. The molecule has 0 aromatic rings. The molecule has 0 radical (unpaired) electrons.